The van der Waals surface area contributed by atoms with Gasteiger partial charge in [-0.15, -0.1) is 0 Å². The maximum atomic E-state index is 13.5. The highest BCUT2D eigenvalue weighted by molar-refractivity contribution is 6.33. The molecule has 1 saturated heterocycles. The van der Waals surface area contributed by atoms with E-state index in [1.807, 2.05) is 25.1 Å². The summed E-state index contributed by atoms with van der Waals surface area (Å²) < 4.78 is 19.6. The van der Waals surface area contributed by atoms with E-state index in [4.69, 9.17) is 22.1 Å². The van der Waals surface area contributed by atoms with E-state index in [0.29, 0.717) is 38.3 Å². The number of allylic oxidation sites excluding steroid dienone is 1. The van der Waals surface area contributed by atoms with E-state index < -0.39 is 11.5 Å². The number of rotatable bonds is 7. The van der Waals surface area contributed by atoms with E-state index in [-0.39, 0.29) is 17.0 Å². The zero-order valence-electron chi connectivity index (χ0n) is 20.0. The second kappa shape index (κ2) is 10.8. The number of benzene rings is 1. The fraction of sp³-hybridized carbons (Fsp3) is 0.385. The number of nitrogens with zero attached hydrogens (tertiary/aromatic N) is 3. The molecule has 3 heterocycles. The average Bonchev–Trinajstić information content (AvgIpc) is 2.88. The molecular weight excluding hydrogens is 469 g/mol. The van der Waals surface area contributed by atoms with Gasteiger partial charge in [-0.05, 0) is 49.8 Å². The molecule has 0 aliphatic carbocycles. The lowest BCUT2D eigenvalue weighted by molar-refractivity contribution is -0.0278. The van der Waals surface area contributed by atoms with E-state index in [1.165, 1.54) is 18.2 Å². The molecule has 0 radical (unpaired) electrons. The Hall–Kier alpha value is -2.94. The van der Waals surface area contributed by atoms with Crippen LogP contribution >= 0.6 is 11.6 Å². The van der Waals surface area contributed by atoms with E-state index in [2.05, 4.69) is 28.2 Å². The number of nitrogens with one attached hydrogen (secondary N) is 1. The molecule has 0 bridgehead atoms. The number of amides is 1. The highest BCUT2D eigenvalue weighted by Crippen LogP contribution is 2.33. The quantitative estimate of drug-likeness (QED) is 0.605. The van der Waals surface area contributed by atoms with Crippen molar-refractivity contribution in [3.63, 3.8) is 0 Å². The molecule has 0 spiro atoms. The first kappa shape index (κ1) is 25.2. The number of aromatic nitrogens is 1. The van der Waals surface area contributed by atoms with Gasteiger partial charge in [-0.3, -0.25) is 9.78 Å². The van der Waals surface area contributed by atoms with Gasteiger partial charge in [-0.25, -0.2) is 4.39 Å². The molecule has 4 rings (SSSR count). The zero-order valence-corrected chi connectivity index (χ0v) is 20.8. The first-order chi connectivity index (χ1) is 16.9. The van der Waals surface area contributed by atoms with Crippen LogP contribution in [0, 0.1) is 5.82 Å². The molecular formula is C26H31ClFN5O2. The van der Waals surface area contributed by atoms with Crippen LogP contribution in [0.4, 0.5) is 4.39 Å². The predicted octanol–water partition coefficient (Wildman–Crippen LogP) is 3.63. The minimum atomic E-state index is -0.847. The highest BCUT2D eigenvalue weighted by atomic mass is 35.5. The van der Waals surface area contributed by atoms with Gasteiger partial charge in [0.05, 0.1) is 22.0 Å². The Morgan fingerprint density at radius 2 is 2.17 bits per heavy atom. The lowest BCUT2D eigenvalue weighted by atomic mass is 9.97. The summed E-state index contributed by atoms with van der Waals surface area (Å²) in [6.45, 7) is 6.52. The van der Waals surface area contributed by atoms with Crippen LogP contribution < -0.4 is 11.1 Å². The second-order valence-electron chi connectivity index (χ2n) is 8.57. The van der Waals surface area contributed by atoms with Gasteiger partial charge >= 0.3 is 0 Å². The summed E-state index contributed by atoms with van der Waals surface area (Å²) in [6.07, 6.45) is 8.40. The standard InChI is InChI=1S/C26H31ClFN5O2/c1-3-20-17-32(25(34)21-8-7-19(28)14-22(21)27)12-13-33(20)24-9-10-26(35-4-2,31-23(24)15-29)18-6-5-11-30-16-18/h5-11,14,16,20,31H,3-4,12-13,15,17,29H2,1-2H3/t20-,26?/m1/s1. The third kappa shape index (κ3) is 5.05. The molecule has 0 saturated carbocycles. The van der Waals surface area contributed by atoms with Gasteiger partial charge in [0.2, 0.25) is 0 Å². The number of nitrogens with two attached hydrogens (primary N) is 1. The summed E-state index contributed by atoms with van der Waals surface area (Å²) in [6, 6.07) is 7.81. The summed E-state index contributed by atoms with van der Waals surface area (Å²) >= 11 is 6.15. The number of piperazine rings is 1. The molecule has 1 fully saturated rings. The van der Waals surface area contributed by atoms with Gasteiger partial charge in [0.1, 0.15) is 5.82 Å². The van der Waals surface area contributed by atoms with Crippen LogP contribution in [0.5, 0.6) is 0 Å². The average molecular weight is 500 g/mol. The molecule has 35 heavy (non-hydrogen) atoms. The molecule has 9 heteroatoms. The molecule has 3 N–H and O–H groups in total. The van der Waals surface area contributed by atoms with Crippen molar-refractivity contribution in [3.05, 3.63) is 88.2 Å². The van der Waals surface area contributed by atoms with Crippen LogP contribution in [-0.2, 0) is 10.5 Å². The first-order valence-electron chi connectivity index (χ1n) is 11.9. The van der Waals surface area contributed by atoms with Gasteiger partial charge in [0, 0.05) is 56.8 Å². The zero-order chi connectivity index (χ0) is 25.0. The number of carbonyl (C=O) groups is 1. The molecule has 1 amide bonds. The molecule has 1 aromatic heterocycles. The third-order valence-corrected chi connectivity index (χ3v) is 6.81. The highest BCUT2D eigenvalue weighted by Gasteiger charge is 2.37. The third-order valence-electron chi connectivity index (χ3n) is 6.50. The number of dihydropyridines is 1. The first-order valence-corrected chi connectivity index (χ1v) is 12.3. The fourth-order valence-electron chi connectivity index (χ4n) is 4.74. The molecule has 186 valence electrons. The summed E-state index contributed by atoms with van der Waals surface area (Å²) in [5.41, 5.74) is 8.42. The smallest absolute Gasteiger partial charge is 0.255 e. The van der Waals surface area contributed by atoms with Crippen molar-refractivity contribution in [1.82, 2.24) is 20.1 Å². The number of ether oxygens (including phenoxy) is 1. The minimum Gasteiger partial charge on any atom is -0.364 e. The molecule has 2 aromatic rings. The van der Waals surface area contributed by atoms with E-state index >= 15 is 0 Å². The Morgan fingerprint density at radius 3 is 2.83 bits per heavy atom. The Labute approximate surface area is 210 Å². The fourth-order valence-corrected chi connectivity index (χ4v) is 4.99. The number of hydrogen-bond acceptors (Lipinski definition) is 6. The second-order valence-corrected chi connectivity index (χ2v) is 8.97. The summed E-state index contributed by atoms with van der Waals surface area (Å²) in [4.78, 5) is 21.5. The van der Waals surface area contributed by atoms with Crippen molar-refractivity contribution < 1.29 is 13.9 Å². The van der Waals surface area contributed by atoms with E-state index in [1.54, 1.807) is 17.3 Å². The number of hydrogen-bond donors (Lipinski definition) is 2. The number of pyridine rings is 1. The largest absolute Gasteiger partial charge is 0.364 e. The van der Waals surface area contributed by atoms with E-state index in [0.717, 1.165) is 23.4 Å². The van der Waals surface area contributed by atoms with Gasteiger partial charge in [0.25, 0.3) is 5.91 Å². The molecule has 1 unspecified atom stereocenters. The lowest BCUT2D eigenvalue weighted by Crippen LogP contribution is -2.56. The van der Waals surface area contributed by atoms with Crippen LogP contribution in [-0.4, -0.2) is 59.5 Å². The number of halogens is 2. The van der Waals surface area contributed by atoms with Crippen molar-refractivity contribution >= 4 is 17.5 Å². The molecule has 2 aliphatic rings. The molecule has 1 aromatic carbocycles. The monoisotopic (exact) mass is 499 g/mol. The van der Waals surface area contributed by atoms with Crippen molar-refractivity contribution in [3.8, 4) is 0 Å². The summed E-state index contributed by atoms with van der Waals surface area (Å²) in [5.74, 6) is -0.652. The van der Waals surface area contributed by atoms with Crippen molar-refractivity contribution in [1.29, 1.82) is 0 Å². The summed E-state index contributed by atoms with van der Waals surface area (Å²) in [5, 5.41) is 3.65. The minimum absolute atomic E-state index is 0.0768. The van der Waals surface area contributed by atoms with Crippen LogP contribution in [0.3, 0.4) is 0 Å². The Balaban J connectivity index is 1.57. The normalized spacial score (nSPS) is 22.4. The Bertz CT molecular complexity index is 1130. The Morgan fingerprint density at radius 1 is 1.34 bits per heavy atom. The van der Waals surface area contributed by atoms with Crippen LogP contribution in [0.2, 0.25) is 5.02 Å². The SMILES string of the molecule is CCOC1(c2cccnc2)C=CC(N2CCN(C(=O)c3ccc(F)cc3Cl)C[C@H]2CC)=C(CN)N1. The molecule has 7 nitrogen and oxygen atoms in total. The van der Waals surface area contributed by atoms with Gasteiger partial charge < -0.3 is 25.6 Å². The van der Waals surface area contributed by atoms with Crippen molar-refractivity contribution in [2.75, 3.05) is 32.8 Å². The topological polar surface area (TPSA) is 83.7 Å². The van der Waals surface area contributed by atoms with Crippen LogP contribution in [0.25, 0.3) is 0 Å². The van der Waals surface area contributed by atoms with E-state index in [9.17, 15) is 9.18 Å². The van der Waals surface area contributed by atoms with Crippen LogP contribution in [0.15, 0.2) is 66.3 Å². The maximum Gasteiger partial charge on any atom is 0.255 e. The van der Waals surface area contributed by atoms with Gasteiger partial charge in [-0.2, -0.15) is 0 Å². The maximum absolute atomic E-state index is 13.5. The van der Waals surface area contributed by atoms with Crippen molar-refractivity contribution in [2.45, 2.75) is 32.0 Å². The molecule has 2 atom stereocenters. The Kier molecular flexibility index (Phi) is 7.74. The summed E-state index contributed by atoms with van der Waals surface area (Å²) in [7, 11) is 0. The van der Waals surface area contributed by atoms with Crippen molar-refractivity contribution in [2.24, 2.45) is 5.73 Å². The van der Waals surface area contributed by atoms with Crippen LogP contribution in [0.1, 0.15) is 36.2 Å². The number of carbonyl (C=O) groups excluding carboxylic acids is 1. The van der Waals surface area contributed by atoms with Gasteiger partial charge in [-0.1, -0.05) is 24.6 Å². The lowest BCUT2D eigenvalue weighted by Gasteiger charge is -2.46. The van der Waals surface area contributed by atoms with Gasteiger partial charge in [0.15, 0.2) is 5.72 Å². The predicted molar refractivity (Wildman–Crippen MR) is 134 cm³/mol. The molecule has 2 aliphatic heterocycles.